The number of nitrogens with two attached hydrogens (primary N) is 1. The van der Waals surface area contributed by atoms with Gasteiger partial charge in [0.05, 0.1) is 28.2 Å². The van der Waals surface area contributed by atoms with Crippen molar-refractivity contribution in [2.45, 2.75) is 12.7 Å². The van der Waals surface area contributed by atoms with Gasteiger partial charge in [-0.2, -0.15) is 18.4 Å². The van der Waals surface area contributed by atoms with Crippen molar-refractivity contribution in [1.29, 1.82) is 5.26 Å². The molecule has 0 aliphatic carbocycles. The van der Waals surface area contributed by atoms with Crippen LogP contribution in [0.5, 0.6) is 0 Å². The van der Waals surface area contributed by atoms with Crippen molar-refractivity contribution in [1.82, 2.24) is 4.57 Å². The zero-order valence-corrected chi connectivity index (χ0v) is 15.0. The van der Waals surface area contributed by atoms with E-state index in [1.807, 2.05) is 0 Å². The fraction of sp³-hybridized carbons (Fsp3) is 0.0909. The number of alkyl halides is 3. The Kier molecular flexibility index (Phi) is 4.27. The maximum Gasteiger partial charge on any atom is 0.416 e. The summed E-state index contributed by atoms with van der Waals surface area (Å²) < 4.78 is 41.7. The van der Waals surface area contributed by atoms with E-state index >= 15 is 0 Å². The summed E-state index contributed by atoms with van der Waals surface area (Å²) in [5.74, 6) is -0.660. The molecule has 0 unspecified atom stereocenters. The van der Waals surface area contributed by atoms with E-state index in [0.29, 0.717) is 32.9 Å². The molecule has 0 bridgehead atoms. The first-order chi connectivity index (χ1) is 13.8. The quantitative estimate of drug-likeness (QED) is 0.541. The molecular formula is C22H14F3N3O. The highest BCUT2D eigenvalue weighted by Gasteiger charge is 2.31. The number of benzene rings is 3. The minimum Gasteiger partial charge on any atom is -0.366 e. The van der Waals surface area contributed by atoms with Crippen LogP contribution >= 0.6 is 0 Å². The molecule has 1 aromatic heterocycles. The van der Waals surface area contributed by atoms with Crippen LogP contribution in [0.25, 0.3) is 21.8 Å². The number of rotatable bonds is 3. The number of carbonyl (C=O) groups is 1. The van der Waals surface area contributed by atoms with E-state index in [-0.39, 0.29) is 12.1 Å². The molecule has 4 nitrogen and oxygen atoms in total. The summed E-state index contributed by atoms with van der Waals surface area (Å²) in [4.78, 5) is 11.9. The molecule has 1 heterocycles. The molecule has 2 N–H and O–H groups in total. The van der Waals surface area contributed by atoms with Gasteiger partial charge in [-0.25, -0.2) is 0 Å². The van der Waals surface area contributed by atoms with Gasteiger partial charge in [0.1, 0.15) is 0 Å². The summed E-state index contributed by atoms with van der Waals surface area (Å²) in [6, 6.07) is 17.3. The number of nitrogens with zero attached hydrogens (tertiary/aromatic N) is 2. The normalized spacial score (nSPS) is 11.7. The Bertz CT molecular complexity index is 1310. The van der Waals surface area contributed by atoms with E-state index in [2.05, 4.69) is 6.07 Å². The van der Waals surface area contributed by atoms with Gasteiger partial charge in [-0.15, -0.1) is 0 Å². The van der Waals surface area contributed by atoms with Crippen LogP contribution in [0.3, 0.4) is 0 Å². The van der Waals surface area contributed by atoms with Crippen molar-refractivity contribution >= 4 is 27.7 Å². The lowest BCUT2D eigenvalue weighted by molar-refractivity contribution is -0.137. The Morgan fingerprint density at radius 2 is 1.79 bits per heavy atom. The van der Waals surface area contributed by atoms with E-state index in [0.717, 1.165) is 12.1 Å². The van der Waals surface area contributed by atoms with Crippen LogP contribution in [0.2, 0.25) is 0 Å². The molecule has 4 rings (SSSR count). The van der Waals surface area contributed by atoms with Crippen LogP contribution < -0.4 is 5.73 Å². The smallest absolute Gasteiger partial charge is 0.366 e. The zero-order chi connectivity index (χ0) is 20.8. The van der Waals surface area contributed by atoms with Crippen LogP contribution in [-0.2, 0) is 12.7 Å². The third-order valence-electron chi connectivity index (χ3n) is 4.95. The maximum absolute atomic E-state index is 13.3. The molecule has 0 saturated heterocycles. The summed E-state index contributed by atoms with van der Waals surface area (Å²) in [6.07, 6.45) is -4.51. The minimum absolute atomic E-state index is 0.174. The fourth-order valence-electron chi connectivity index (χ4n) is 3.63. The summed E-state index contributed by atoms with van der Waals surface area (Å²) >= 11 is 0. The zero-order valence-electron chi connectivity index (χ0n) is 15.0. The Balaban J connectivity index is 2.08. The van der Waals surface area contributed by atoms with Gasteiger partial charge in [0.25, 0.3) is 0 Å². The van der Waals surface area contributed by atoms with E-state index in [9.17, 15) is 23.2 Å². The first-order valence-electron chi connectivity index (χ1n) is 8.71. The highest BCUT2D eigenvalue weighted by atomic mass is 19.4. The third kappa shape index (κ3) is 3.09. The van der Waals surface area contributed by atoms with Gasteiger partial charge >= 0.3 is 6.18 Å². The Morgan fingerprint density at radius 1 is 1.03 bits per heavy atom. The second-order valence-corrected chi connectivity index (χ2v) is 6.65. The minimum atomic E-state index is -4.51. The molecule has 0 aliphatic rings. The SMILES string of the molecule is N#Cc1ccccc1Cn1c2cc(C(F)(F)F)ccc2c2c(C(N)=O)cccc21. The first kappa shape index (κ1) is 18.6. The Hall–Kier alpha value is -3.79. The molecule has 0 spiro atoms. The Morgan fingerprint density at radius 3 is 2.48 bits per heavy atom. The lowest BCUT2D eigenvalue weighted by Crippen LogP contribution is -2.11. The van der Waals surface area contributed by atoms with Crippen molar-refractivity contribution in [3.8, 4) is 6.07 Å². The molecule has 1 amide bonds. The highest BCUT2D eigenvalue weighted by Crippen LogP contribution is 2.37. The van der Waals surface area contributed by atoms with Gasteiger partial charge in [-0.3, -0.25) is 4.79 Å². The van der Waals surface area contributed by atoms with Gasteiger partial charge in [0, 0.05) is 22.9 Å². The van der Waals surface area contributed by atoms with Gasteiger partial charge in [-0.05, 0) is 35.9 Å². The number of nitriles is 1. The maximum atomic E-state index is 13.3. The van der Waals surface area contributed by atoms with E-state index in [4.69, 9.17) is 5.73 Å². The van der Waals surface area contributed by atoms with Crippen LogP contribution in [0.1, 0.15) is 27.0 Å². The lowest BCUT2D eigenvalue weighted by Gasteiger charge is -2.11. The van der Waals surface area contributed by atoms with E-state index in [1.165, 1.54) is 6.07 Å². The highest BCUT2D eigenvalue weighted by molar-refractivity contribution is 6.18. The van der Waals surface area contributed by atoms with E-state index < -0.39 is 17.6 Å². The molecule has 0 saturated carbocycles. The summed E-state index contributed by atoms with van der Waals surface area (Å²) in [5, 5.41) is 10.4. The monoisotopic (exact) mass is 393 g/mol. The van der Waals surface area contributed by atoms with Crippen LogP contribution in [0.15, 0.2) is 60.7 Å². The van der Waals surface area contributed by atoms with Gasteiger partial charge in [0.2, 0.25) is 5.91 Å². The van der Waals surface area contributed by atoms with Crippen LogP contribution in [0, 0.1) is 11.3 Å². The van der Waals surface area contributed by atoms with Crippen LogP contribution in [0.4, 0.5) is 13.2 Å². The summed E-state index contributed by atoms with van der Waals surface area (Å²) in [6.45, 7) is 0.174. The number of amides is 1. The average Bonchev–Trinajstić information content (AvgIpc) is 3.01. The van der Waals surface area contributed by atoms with Crippen molar-refractivity contribution in [2.24, 2.45) is 5.73 Å². The number of primary amides is 1. The molecule has 0 radical (unpaired) electrons. The third-order valence-corrected chi connectivity index (χ3v) is 4.95. The molecule has 0 atom stereocenters. The number of hydrogen-bond donors (Lipinski definition) is 1. The van der Waals surface area contributed by atoms with Crippen molar-refractivity contribution < 1.29 is 18.0 Å². The molecule has 144 valence electrons. The van der Waals surface area contributed by atoms with Gasteiger partial charge < -0.3 is 10.3 Å². The standard InChI is InChI=1S/C22H14F3N3O/c23-22(24,25)15-8-9-16-19(10-15)28(12-14-5-2-1-4-13(14)11-26)18-7-3-6-17(20(16)18)21(27)29/h1-10H,12H2,(H2,27,29). The molecule has 29 heavy (non-hydrogen) atoms. The number of fused-ring (bicyclic) bond motifs is 3. The van der Waals surface area contributed by atoms with Crippen molar-refractivity contribution in [3.05, 3.63) is 82.9 Å². The fourth-order valence-corrected chi connectivity index (χ4v) is 3.63. The predicted octanol–water partition coefficient (Wildman–Crippen LogP) is 4.83. The summed E-state index contributed by atoms with van der Waals surface area (Å²) in [5.41, 5.74) is 6.94. The lowest BCUT2D eigenvalue weighted by atomic mass is 10.0. The number of aromatic nitrogens is 1. The van der Waals surface area contributed by atoms with Crippen molar-refractivity contribution in [3.63, 3.8) is 0 Å². The van der Waals surface area contributed by atoms with Crippen LogP contribution in [-0.4, -0.2) is 10.5 Å². The Labute approximate surface area is 163 Å². The van der Waals surface area contributed by atoms with E-state index in [1.54, 1.807) is 47.0 Å². The molecule has 4 aromatic rings. The van der Waals surface area contributed by atoms with Gasteiger partial charge in [-0.1, -0.05) is 30.3 Å². The second-order valence-electron chi connectivity index (χ2n) is 6.65. The second kappa shape index (κ2) is 6.67. The van der Waals surface area contributed by atoms with Gasteiger partial charge in [0.15, 0.2) is 0 Å². The largest absolute Gasteiger partial charge is 0.416 e. The first-order valence-corrected chi connectivity index (χ1v) is 8.71. The number of halogens is 3. The van der Waals surface area contributed by atoms with Crippen molar-refractivity contribution in [2.75, 3.05) is 0 Å². The molecule has 0 aliphatic heterocycles. The summed E-state index contributed by atoms with van der Waals surface area (Å²) in [7, 11) is 0. The topological polar surface area (TPSA) is 71.8 Å². The number of carbonyl (C=O) groups excluding carboxylic acids is 1. The molecular weight excluding hydrogens is 379 g/mol. The predicted molar refractivity (Wildman–Crippen MR) is 103 cm³/mol. The number of hydrogen-bond acceptors (Lipinski definition) is 2. The molecule has 3 aromatic carbocycles. The molecule has 0 fully saturated rings. The average molecular weight is 393 g/mol. The molecule has 7 heteroatoms.